The van der Waals surface area contributed by atoms with Gasteiger partial charge in [0.2, 0.25) is 17.4 Å². The van der Waals surface area contributed by atoms with E-state index >= 15 is 0 Å². The van der Waals surface area contributed by atoms with Gasteiger partial charge >= 0.3 is 0 Å². The molecule has 0 atom stereocenters. The molecule has 0 fully saturated rings. The zero-order valence-corrected chi connectivity index (χ0v) is 11.8. The van der Waals surface area contributed by atoms with Crippen molar-refractivity contribution >= 4 is 11.6 Å². The lowest BCUT2D eigenvalue weighted by molar-refractivity contribution is 0.0967. The first kappa shape index (κ1) is 13.2. The van der Waals surface area contributed by atoms with Crippen LogP contribution in [0.3, 0.4) is 0 Å². The van der Waals surface area contributed by atoms with Crippen LogP contribution < -0.4 is 9.47 Å². The Balaban J connectivity index is 2.35. The lowest BCUT2D eigenvalue weighted by atomic mass is 9.87. The summed E-state index contributed by atoms with van der Waals surface area (Å²) in [6.45, 7) is 1.76. The van der Waals surface area contributed by atoms with Gasteiger partial charge in [-0.1, -0.05) is 0 Å². The molecule has 1 aliphatic carbocycles. The number of rotatable bonds is 2. The molecular formula is C15H12N2O4. The molecule has 6 nitrogen and oxygen atoms in total. The first-order valence-electron chi connectivity index (χ1n) is 6.26. The van der Waals surface area contributed by atoms with Crippen molar-refractivity contribution in [3.05, 3.63) is 46.4 Å². The Morgan fingerprint density at radius 3 is 2.38 bits per heavy atom. The van der Waals surface area contributed by atoms with Crippen molar-refractivity contribution in [1.29, 1.82) is 0 Å². The number of ether oxygens (including phenoxy) is 2. The molecular weight excluding hydrogens is 272 g/mol. The molecule has 0 N–H and O–H groups in total. The lowest BCUT2D eigenvalue weighted by Crippen LogP contribution is -2.25. The van der Waals surface area contributed by atoms with Crippen LogP contribution in [0.5, 0.6) is 11.6 Å². The van der Waals surface area contributed by atoms with Crippen LogP contribution in [0.2, 0.25) is 0 Å². The van der Waals surface area contributed by atoms with Crippen molar-refractivity contribution in [3.63, 3.8) is 0 Å². The fourth-order valence-corrected chi connectivity index (χ4v) is 2.40. The third-order valence-electron chi connectivity index (χ3n) is 3.43. The molecule has 0 radical (unpaired) electrons. The Kier molecular flexibility index (Phi) is 2.94. The Hall–Kier alpha value is -2.76. The summed E-state index contributed by atoms with van der Waals surface area (Å²) in [6, 6.07) is 3.16. The summed E-state index contributed by atoms with van der Waals surface area (Å²) >= 11 is 0. The number of fused-ring (bicyclic) bond motifs is 2. The Bertz CT molecular complexity index is 783. The van der Waals surface area contributed by atoms with Crippen molar-refractivity contribution in [1.82, 2.24) is 9.97 Å². The molecule has 3 rings (SSSR count). The summed E-state index contributed by atoms with van der Waals surface area (Å²) in [7, 11) is 2.86. The summed E-state index contributed by atoms with van der Waals surface area (Å²) in [5, 5.41) is 0. The monoisotopic (exact) mass is 284 g/mol. The second-order valence-corrected chi connectivity index (χ2v) is 4.60. The van der Waals surface area contributed by atoms with Crippen LogP contribution in [0.1, 0.15) is 37.7 Å². The maximum absolute atomic E-state index is 12.6. The van der Waals surface area contributed by atoms with E-state index in [0.717, 1.165) is 0 Å². The normalized spacial score (nSPS) is 12.7. The topological polar surface area (TPSA) is 78.4 Å². The minimum atomic E-state index is -0.365. The van der Waals surface area contributed by atoms with Crippen LogP contribution in [0.4, 0.5) is 0 Å². The van der Waals surface area contributed by atoms with Gasteiger partial charge in [-0.15, -0.1) is 0 Å². The van der Waals surface area contributed by atoms with Crippen molar-refractivity contribution in [2.24, 2.45) is 0 Å². The van der Waals surface area contributed by atoms with Crippen LogP contribution in [0, 0.1) is 6.92 Å². The van der Waals surface area contributed by atoms with Crippen LogP contribution in [0.15, 0.2) is 18.3 Å². The van der Waals surface area contributed by atoms with Gasteiger partial charge in [-0.25, -0.2) is 4.98 Å². The third-order valence-corrected chi connectivity index (χ3v) is 3.43. The number of carbonyl (C=O) groups excluding carboxylic acids is 2. The Labute approximate surface area is 120 Å². The van der Waals surface area contributed by atoms with Gasteiger partial charge in [0.1, 0.15) is 17.1 Å². The lowest BCUT2D eigenvalue weighted by Gasteiger charge is -2.19. The van der Waals surface area contributed by atoms with Crippen molar-refractivity contribution in [2.45, 2.75) is 6.92 Å². The molecule has 0 spiro atoms. The summed E-state index contributed by atoms with van der Waals surface area (Å²) in [6.07, 6.45) is 1.51. The predicted octanol–water partition coefficient (Wildman–Crippen LogP) is 1.58. The zero-order valence-electron chi connectivity index (χ0n) is 11.8. The molecule has 0 aliphatic heterocycles. The molecule has 21 heavy (non-hydrogen) atoms. The second kappa shape index (κ2) is 4.66. The SMILES string of the molecule is COc1cc(OC)c2c(n1)C(=O)c1c(C)ccnc1C2=O. The predicted molar refractivity (Wildman–Crippen MR) is 73.2 cm³/mol. The van der Waals surface area contributed by atoms with E-state index in [1.165, 1.54) is 26.5 Å². The fraction of sp³-hybridized carbons (Fsp3) is 0.200. The number of methoxy groups -OCH3 is 2. The summed E-state index contributed by atoms with van der Waals surface area (Å²) < 4.78 is 10.3. The Morgan fingerprint density at radius 1 is 1.00 bits per heavy atom. The van der Waals surface area contributed by atoms with Gasteiger partial charge in [-0.2, -0.15) is 0 Å². The smallest absolute Gasteiger partial charge is 0.218 e. The average molecular weight is 284 g/mol. The second-order valence-electron chi connectivity index (χ2n) is 4.60. The number of aryl methyl sites for hydroxylation is 1. The van der Waals surface area contributed by atoms with Crippen molar-refractivity contribution in [3.8, 4) is 11.6 Å². The molecule has 106 valence electrons. The number of aromatic nitrogens is 2. The number of carbonyl (C=O) groups is 2. The minimum Gasteiger partial charge on any atom is -0.496 e. The van der Waals surface area contributed by atoms with E-state index in [4.69, 9.17) is 9.47 Å². The number of hydrogen-bond donors (Lipinski definition) is 0. The van der Waals surface area contributed by atoms with Gasteiger partial charge in [0.15, 0.2) is 0 Å². The van der Waals surface area contributed by atoms with Crippen LogP contribution in [-0.4, -0.2) is 35.8 Å². The minimum absolute atomic E-state index is 0.0415. The van der Waals surface area contributed by atoms with Gasteiger partial charge in [-0.3, -0.25) is 14.6 Å². The zero-order chi connectivity index (χ0) is 15.1. The molecule has 2 aromatic heterocycles. The molecule has 0 saturated heterocycles. The number of hydrogen-bond acceptors (Lipinski definition) is 6. The molecule has 0 amide bonds. The highest BCUT2D eigenvalue weighted by molar-refractivity contribution is 6.28. The first-order chi connectivity index (χ1) is 10.1. The van der Waals surface area contributed by atoms with Gasteiger partial charge in [0.25, 0.3) is 0 Å². The quantitative estimate of drug-likeness (QED) is 0.711. The van der Waals surface area contributed by atoms with Gasteiger partial charge in [0, 0.05) is 12.3 Å². The average Bonchev–Trinajstić information content (AvgIpc) is 2.51. The molecule has 0 bridgehead atoms. The molecule has 6 heteroatoms. The standard InChI is InChI=1S/C15H12N2O4/c1-7-4-5-16-12-10(7)14(18)13-11(15(12)19)8(20-2)6-9(17-13)21-3/h4-6H,1-3H3. The van der Waals surface area contributed by atoms with Gasteiger partial charge in [-0.05, 0) is 18.6 Å². The van der Waals surface area contributed by atoms with Gasteiger partial charge < -0.3 is 9.47 Å². The highest BCUT2D eigenvalue weighted by atomic mass is 16.5. The fourth-order valence-electron chi connectivity index (χ4n) is 2.40. The van der Waals surface area contributed by atoms with Crippen molar-refractivity contribution < 1.29 is 19.1 Å². The summed E-state index contributed by atoms with van der Waals surface area (Å²) in [4.78, 5) is 33.4. The number of ketones is 2. The molecule has 0 aromatic carbocycles. The highest BCUT2D eigenvalue weighted by Crippen LogP contribution is 2.34. The van der Waals surface area contributed by atoms with Crippen LogP contribution in [0.25, 0.3) is 0 Å². The number of pyridine rings is 2. The van der Waals surface area contributed by atoms with E-state index in [2.05, 4.69) is 9.97 Å². The van der Waals surface area contributed by atoms with Crippen LogP contribution >= 0.6 is 0 Å². The molecule has 2 heterocycles. The Morgan fingerprint density at radius 2 is 1.71 bits per heavy atom. The maximum atomic E-state index is 12.6. The molecule has 0 saturated carbocycles. The van der Waals surface area contributed by atoms with E-state index in [1.54, 1.807) is 13.0 Å². The van der Waals surface area contributed by atoms with E-state index in [-0.39, 0.29) is 45.7 Å². The molecule has 0 unspecified atom stereocenters. The van der Waals surface area contributed by atoms with E-state index in [1.807, 2.05) is 0 Å². The highest BCUT2D eigenvalue weighted by Gasteiger charge is 2.36. The summed E-state index contributed by atoms with van der Waals surface area (Å²) in [5.41, 5.74) is 1.29. The largest absolute Gasteiger partial charge is 0.496 e. The van der Waals surface area contributed by atoms with Crippen LogP contribution in [-0.2, 0) is 0 Å². The summed E-state index contributed by atoms with van der Waals surface area (Å²) in [5.74, 6) is -0.237. The first-order valence-corrected chi connectivity index (χ1v) is 6.26. The van der Waals surface area contributed by atoms with Crippen molar-refractivity contribution in [2.75, 3.05) is 14.2 Å². The van der Waals surface area contributed by atoms with E-state index in [9.17, 15) is 9.59 Å². The maximum Gasteiger partial charge on any atom is 0.218 e. The third kappa shape index (κ3) is 1.79. The molecule has 2 aromatic rings. The van der Waals surface area contributed by atoms with E-state index in [0.29, 0.717) is 5.56 Å². The van der Waals surface area contributed by atoms with E-state index < -0.39 is 0 Å². The molecule has 1 aliphatic rings. The van der Waals surface area contributed by atoms with Gasteiger partial charge in [0.05, 0.1) is 25.3 Å². The number of nitrogens with zero attached hydrogens (tertiary/aromatic N) is 2.